The third kappa shape index (κ3) is 2.36. The van der Waals surface area contributed by atoms with Crippen LogP contribution in [0.3, 0.4) is 0 Å². The Bertz CT molecular complexity index is 340. The maximum Gasteiger partial charge on any atom is 0.326 e. The fraction of sp³-hybridized carbons (Fsp3) is 0.818. The van der Waals surface area contributed by atoms with Crippen LogP contribution in [0.25, 0.3) is 0 Å². The number of likely N-dealkylation sites (tertiary alicyclic amines) is 1. The maximum absolute atomic E-state index is 12.0. The number of carbonyl (C=O) groups is 2. The summed E-state index contributed by atoms with van der Waals surface area (Å²) >= 11 is 0. The van der Waals surface area contributed by atoms with Gasteiger partial charge in [0.1, 0.15) is 6.04 Å². The molecule has 1 heterocycles. The van der Waals surface area contributed by atoms with Gasteiger partial charge in [-0.05, 0) is 26.2 Å². The molecule has 1 aliphatic heterocycles. The van der Waals surface area contributed by atoms with Gasteiger partial charge in [0.2, 0.25) is 0 Å². The smallest absolute Gasteiger partial charge is 0.326 e. The Kier molecular flexibility index (Phi) is 2.99. The third-order valence-electron chi connectivity index (χ3n) is 3.69. The van der Waals surface area contributed by atoms with E-state index < -0.39 is 18.1 Å². The van der Waals surface area contributed by atoms with Gasteiger partial charge in [0, 0.05) is 18.5 Å². The fourth-order valence-electron chi connectivity index (χ4n) is 2.43. The molecule has 1 aliphatic carbocycles. The zero-order chi connectivity index (χ0) is 12.6. The van der Waals surface area contributed by atoms with E-state index in [1.165, 1.54) is 4.90 Å². The van der Waals surface area contributed by atoms with Gasteiger partial charge in [-0.15, -0.1) is 0 Å². The highest BCUT2D eigenvalue weighted by Crippen LogP contribution is 2.31. The zero-order valence-electron chi connectivity index (χ0n) is 9.85. The second-order valence-electron chi connectivity index (χ2n) is 5.24. The average molecular weight is 242 g/mol. The van der Waals surface area contributed by atoms with Crippen LogP contribution < -0.4 is 5.32 Å². The Balaban J connectivity index is 2.00. The van der Waals surface area contributed by atoms with Gasteiger partial charge in [-0.3, -0.25) is 0 Å². The normalized spacial score (nSPS) is 30.8. The van der Waals surface area contributed by atoms with Crippen LogP contribution in [0.4, 0.5) is 4.79 Å². The number of aliphatic carboxylic acids is 1. The van der Waals surface area contributed by atoms with Gasteiger partial charge in [-0.2, -0.15) is 0 Å². The first-order valence-electron chi connectivity index (χ1n) is 5.91. The summed E-state index contributed by atoms with van der Waals surface area (Å²) in [6.07, 6.45) is 2.30. The topological polar surface area (TPSA) is 89.9 Å². The summed E-state index contributed by atoms with van der Waals surface area (Å²) in [6.45, 7) is 2.05. The lowest BCUT2D eigenvalue weighted by molar-refractivity contribution is -0.141. The molecule has 6 nitrogen and oxygen atoms in total. The van der Waals surface area contributed by atoms with E-state index in [2.05, 4.69) is 5.32 Å². The largest absolute Gasteiger partial charge is 0.480 e. The molecule has 1 saturated heterocycles. The Morgan fingerprint density at radius 1 is 1.41 bits per heavy atom. The minimum Gasteiger partial charge on any atom is -0.480 e. The number of hydrogen-bond donors (Lipinski definition) is 3. The van der Waals surface area contributed by atoms with Crippen molar-refractivity contribution >= 4 is 12.0 Å². The van der Waals surface area contributed by atoms with E-state index in [4.69, 9.17) is 5.11 Å². The van der Waals surface area contributed by atoms with E-state index in [9.17, 15) is 14.7 Å². The van der Waals surface area contributed by atoms with Crippen molar-refractivity contribution in [3.05, 3.63) is 0 Å². The molecule has 0 spiro atoms. The van der Waals surface area contributed by atoms with Crippen LogP contribution in [-0.4, -0.2) is 51.3 Å². The number of urea groups is 1. The number of hydrogen-bond acceptors (Lipinski definition) is 3. The molecule has 3 N–H and O–H groups in total. The number of β-amino-alcohol motifs (C(OH)–C–C–N with tert-alkyl or cyclic N) is 1. The molecule has 0 unspecified atom stereocenters. The second-order valence-corrected chi connectivity index (χ2v) is 5.24. The molecule has 0 aromatic heterocycles. The molecule has 2 aliphatic rings. The summed E-state index contributed by atoms with van der Waals surface area (Å²) in [7, 11) is 0. The molecule has 2 rings (SSSR count). The predicted molar refractivity (Wildman–Crippen MR) is 59.5 cm³/mol. The Morgan fingerprint density at radius 2 is 2.06 bits per heavy atom. The van der Waals surface area contributed by atoms with Gasteiger partial charge in [0.05, 0.1) is 6.10 Å². The summed E-state index contributed by atoms with van der Waals surface area (Å²) in [5.74, 6) is -1.06. The Hall–Kier alpha value is -1.30. The maximum atomic E-state index is 12.0. The minimum absolute atomic E-state index is 0.0961. The highest BCUT2D eigenvalue weighted by atomic mass is 16.4. The Morgan fingerprint density at radius 3 is 2.53 bits per heavy atom. The first kappa shape index (κ1) is 12.2. The summed E-state index contributed by atoms with van der Waals surface area (Å²) in [5, 5.41) is 21.3. The molecule has 2 fully saturated rings. The molecule has 2 amide bonds. The van der Waals surface area contributed by atoms with Gasteiger partial charge in [0.25, 0.3) is 0 Å². The third-order valence-corrected chi connectivity index (χ3v) is 3.69. The lowest BCUT2D eigenvalue weighted by atomic mass is 9.79. The van der Waals surface area contributed by atoms with Crippen molar-refractivity contribution < 1.29 is 19.8 Å². The summed E-state index contributed by atoms with van der Waals surface area (Å²) < 4.78 is 0. The van der Waals surface area contributed by atoms with Crippen molar-refractivity contribution in [1.82, 2.24) is 10.2 Å². The molecule has 1 saturated carbocycles. The number of carbonyl (C=O) groups excluding carboxylic acids is 1. The monoisotopic (exact) mass is 242 g/mol. The van der Waals surface area contributed by atoms with E-state index in [0.29, 0.717) is 0 Å². The molecule has 0 aromatic rings. The average Bonchev–Trinajstić information content (AvgIpc) is 2.58. The molecule has 0 aromatic carbocycles. The zero-order valence-corrected chi connectivity index (χ0v) is 9.85. The van der Waals surface area contributed by atoms with Gasteiger partial charge in [0.15, 0.2) is 0 Å². The SMILES string of the molecule is CC1(NC(=O)N2C[C@H](O)C[C@@H]2C(=O)O)CCC1. The van der Waals surface area contributed by atoms with Crippen LogP contribution in [0.1, 0.15) is 32.6 Å². The predicted octanol–water partition coefficient (Wildman–Crippen LogP) is 0.158. The van der Waals surface area contributed by atoms with Crippen LogP contribution in [0, 0.1) is 0 Å². The summed E-state index contributed by atoms with van der Waals surface area (Å²) in [5.41, 5.74) is -0.201. The molecular weight excluding hydrogens is 224 g/mol. The lowest BCUT2D eigenvalue weighted by Gasteiger charge is -2.40. The summed E-state index contributed by atoms with van der Waals surface area (Å²) in [4.78, 5) is 24.2. The van der Waals surface area contributed by atoms with E-state index in [1.54, 1.807) is 0 Å². The number of carboxylic acid groups (broad SMARTS) is 1. The van der Waals surface area contributed by atoms with Crippen molar-refractivity contribution in [2.45, 2.75) is 50.3 Å². The molecular formula is C11H18N2O4. The van der Waals surface area contributed by atoms with Crippen LogP contribution in [0.5, 0.6) is 0 Å². The van der Waals surface area contributed by atoms with Crippen LogP contribution >= 0.6 is 0 Å². The van der Waals surface area contributed by atoms with Gasteiger partial charge in [-0.25, -0.2) is 9.59 Å². The molecule has 0 radical (unpaired) electrons. The van der Waals surface area contributed by atoms with Crippen molar-refractivity contribution in [3.63, 3.8) is 0 Å². The standard InChI is InChI=1S/C11H18N2O4/c1-11(3-2-4-11)12-10(17)13-6-7(14)5-8(13)9(15)16/h7-8,14H,2-6H2,1H3,(H,12,17)(H,15,16)/t7-,8-/m1/s1. The van der Waals surface area contributed by atoms with E-state index in [1.807, 2.05) is 6.92 Å². The van der Waals surface area contributed by atoms with Crippen LogP contribution in [0.15, 0.2) is 0 Å². The van der Waals surface area contributed by atoms with E-state index in [0.717, 1.165) is 19.3 Å². The lowest BCUT2D eigenvalue weighted by Crippen LogP contribution is -2.57. The van der Waals surface area contributed by atoms with Crippen molar-refractivity contribution in [3.8, 4) is 0 Å². The second kappa shape index (κ2) is 4.18. The van der Waals surface area contributed by atoms with Crippen molar-refractivity contribution in [2.24, 2.45) is 0 Å². The first-order chi connectivity index (χ1) is 7.91. The highest BCUT2D eigenvalue weighted by Gasteiger charge is 2.42. The quantitative estimate of drug-likeness (QED) is 0.643. The first-order valence-corrected chi connectivity index (χ1v) is 5.91. The fourth-order valence-corrected chi connectivity index (χ4v) is 2.43. The minimum atomic E-state index is -1.06. The number of aliphatic hydroxyl groups excluding tert-OH is 1. The molecule has 0 bridgehead atoms. The van der Waals surface area contributed by atoms with Crippen LogP contribution in [0.2, 0.25) is 0 Å². The van der Waals surface area contributed by atoms with Gasteiger partial charge in [-0.1, -0.05) is 0 Å². The molecule has 2 atom stereocenters. The number of amides is 2. The summed E-state index contributed by atoms with van der Waals surface area (Å²) in [6, 6.07) is -1.29. The van der Waals surface area contributed by atoms with E-state index >= 15 is 0 Å². The number of nitrogens with one attached hydrogen (secondary N) is 1. The highest BCUT2D eigenvalue weighted by molar-refractivity contribution is 5.83. The number of carboxylic acids is 1. The van der Waals surface area contributed by atoms with Gasteiger partial charge < -0.3 is 20.4 Å². The molecule has 6 heteroatoms. The van der Waals surface area contributed by atoms with Crippen LogP contribution in [-0.2, 0) is 4.79 Å². The Labute approximate surface area is 99.6 Å². The number of nitrogens with zero attached hydrogens (tertiary/aromatic N) is 1. The number of rotatable bonds is 2. The molecule has 17 heavy (non-hydrogen) atoms. The van der Waals surface area contributed by atoms with Crippen molar-refractivity contribution in [2.75, 3.05) is 6.54 Å². The number of aliphatic hydroxyl groups is 1. The van der Waals surface area contributed by atoms with Gasteiger partial charge >= 0.3 is 12.0 Å². The van der Waals surface area contributed by atoms with Crippen molar-refractivity contribution in [1.29, 1.82) is 0 Å². The van der Waals surface area contributed by atoms with E-state index in [-0.39, 0.29) is 24.5 Å². The molecule has 96 valence electrons.